The zero-order valence-corrected chi connectivity index (χ0v) is 9.73. The minimum atomic E-state index is -4.82. The molecule has 0 saturated heterocycles. The first-order chi connectivity index (χ1) is 8.79. The first-order valence-corrected chi connectivity index (χ1v) is 5.22. The molecule has 2 nitrogen and oxygen atoms in total. The van der Waals surface area contributed by atoms with Gasteiger partial charge in [-0.15, -0.1) is 0 Å². The molecule has 0 aliphatic carbocycles. The fourth-order valence-electron chi connectivity index (χ4n) is 1.44. The molecule has 0 atom stereocenters. The highest BCUT2D eigenvalue weighted by atomic mass is 35.5. The largest absolute Gasteiger partial charge is 0.419 e. The Morgan fingerprint density at radius 1 is 1.05 bits per heavy atom. The molecule has 0 amide bonds. The summed E-state index contributed by atoms with van der Waals surface area (Å²) in [6.07, 6.45) is -4.06. The molecular weight excluding hydrogens is 291 g/mol. The number of halogens is 6. The van der Waals surface area contributed by atoms with Crippen LogP contribution in [0.1, 0.15) is 5.56 Å². The van der Waals surface area contributed by atoms with Crippen LogP contribution in [0.3, 0.4) is 0 Å². The number of rotatable bonds is 1. The van der Waals surface area contributed by atoms with Gasteiger partial charge in [0.15, 0.2) is 5.82 Å². The average molecular weight is 295 g/mol. The van der Waals surface area contributed by atoms with Crippen molar-refractivity contribution in [2.24, 2.45) is 0 Å². The highest BCUT2D eigenvalue weighted by Crippen LogP contribution is 2.33. The second kappa shape index (κ2) is 4.73. The Hall–Kier alpha value is -1.76. The Bertz CT molecular complexity index is 627. The van der Waals surface area contributed by atoms with Gasteiger partial charge in [-0.3, -0.25) is 0 Å². The van der Waals surface area contributed by atoms with Crippen LogP contribution in [0.15, 0.2) is 24.4 Å². The lowest BCUT2D eigenvalue weighted by Crippen LogP contribution is -2.08. The van der Waals surface area contributed by atoms with Crippen molar-refractivity contribution in [3.05, 3.63) is 46.9 Å². The molecule has 0 N–H and O–H groups in total. The maximum Gasteiger partial charge on any atom is 0.419 e. The van der Waals surface area contributed by atoms with Crippen LogP contribution >= 0.6 is 11.6 Å². The van der Waals surface area contributed by atoms with Crippen molar-refractivity contribution in [2.75, 3.05) is 0 Å². The van der Waals surface area contributed by atoms with Crippen molar-refractivity contribution in [3.63, 3.8) is 0 Å². The van der Waals surface area contributed by atoms with Gasteiger partial charge in [-0.2, -0.15) is 13.2 Å². The van der Waals surface area contributed by atoms with Crippen molar-refractivity contribution >= 4 is 11.6 Å². The van der Waals surface area contributed by atoms with Gasteiger partial charge in [0, 0.05) is 5.56 Å². The lowest BCUT2D eigenvalue weighted by atomic mass is 10.1. The highest BCUT2D eigenvalue weighted by molar-refractivity contribution is 6.28. The summed E-state index contributed by atoms with van der Waals surface area (Å²) >= 11 is 5.45. The van der Waals surface area contributed by atoms with Crippen LogP contribution < -0.4 is 0 Å². The Labute approximate surface area is 108 Å². The third-order valence-corrected chi connectivity index (χ3v) is 2.44. The molecule has 0 bridgehead atoms. The molecule has 100 valence electrons. The predicted octanol–water partition coefficient (Wildman–Crippen LogP) is 4.09. The molecule has 2 rings (SSSR count). The molecule has 0 spiro atoms. The van der Waals surface area contributed by atoms with Gasteiger partial charge in [-0.25, -0.2) is 18.7 Å². The second-order valence-electron chi connectivity index (χ2n) is 3.53. The van der Waals surface area contributed by atoms with E-state index >= 15 is 0 Å². The van der Waals surface area contributed by atoms with E-state index in [0.717, 1.165) is 12.3 Å². The average Bonchev–Trinajstić information content (AvgIpc) is 2.30. The molecule has 0 aliphatic heterocycles. The molecular formula is C11H4ClF5N2. The first-order valence-electron chi connectivity index (χ1n) is 4.84. The lowest BCUT2D eigenvalue weighted by molar-refractivity contribution is -0.139. The molecule has 0 aliphatic rings. The Balaban J connectivity index is 2.54. The van der Waals surface area contributed by atoms with Gasteiger partial charge in [-0.1, -0.05) is 6.07 Å². The molecule has 8 heteroatoms. The zero-order chi connectivity index (χ0) is 14.2. The van der Waals surface area contributed by atoms with E-state index in [2.05, 4.69) is 9.97 Å². The fourth-order valence-corrected chi connectivity index (χ4v) is 1.57. The quantitative estimate of drug-likeness (QED) is 0.585. The first kappa shape index (κ1) is 13.7. The van der Waals surface area contributed by atoms with Crippen molar-refractivity contribution in [1.82, 2.24) is 9.97 Å². The van der Waals surface area contributed by atoms with Crippen molar-refractivity contribution in [1.29, 1.82) is 0 Å². The lowest BCUT2D eigenvalue weighted by Gasteiger charge is -2.09. The van der Waals surface area contributed by atoms with E-state index in [9.17, 15) is 22.0 Å². The summed E-state index contributed by atoms with van der Waals surface area (Å²) in [5.74, 6) is -2.43. The molecule has 2 aromatic rings. The number of aromatic nitrogens is 2. The standard InChI is InChI=1S/C11H4ClF5N2/c12-10-18-4-8(14)9(19-10)5-1-2-6(7(13)3-5)11(15,16)17/h1-4H. The third kappa shape index (κ3) is 2.81. The smallest absolute Gasteiger partial charge is 0.223 e. The fraction of sp³-hybridized carbons (Fsp3) is 0.0909. The molecule has 1 heterocycles. The Kier molecular flexibility index (Phi) is 3.40. The maximum absolute atomic E-state index is 13.4. The number of alkyl halides is 3. The van der Waals surface area contributed by atoms with Crippen LogP contribution in [0, 0.1) is 11.6 Å². The number of hydrogen-bond acceptors (Lipinski definition) is 2. The van der Waals surface area contributed by atoms with Crippen LogP contribution in [-0.2, 0) is 6.18 Å². The van der Waals surface area contributed by atoms with E-state index < -0.39 is 23.4 Å². The molecule has 1 aromatic heterocycles. The van der Waals surface area contributed by atoms with E-state index in [-0.39, 0.29) is 16.5 Å². The minimum Gasteiger partial charge on any atom is -0.223 e. The van der Waals surface area contributed by atoms with Gasteiger partial charge in [0.05, 0.1) is 11.8 Å². The second-order valence-corrected chi connectivity index (χ2v) is 3.87. The topological polar surface area (TPSA) is 25.8 Å². The van der Waals surface area contributed by atoms with Crippen molar-refractivity contribution in [2.45, 2.75) is 6.18 Å². The summed E-state index contributed by atoms with van der Waals surface area (Å²) in [5, 5.41) is -0.295. The summed E-state index contributed by atoms with van der Waals surface area (Å²) in [7, 11) is 0. The summed E-state index contributed by atoms with van der Waals surface area (Å²) in [6.45, 7) is 0. The normalized spacial score (nSPS) is 11.7. The van der Waals surface area contributed by atoms with E-state index in [0.29, 0.717) is 12.1 Å². The number of benzene rings is 1. The van der Waals surface area contributed by atoms with Crippen LogP contribution in [-0.4, -0.2) is 9.97 Å². The van der Waals surface area contributed by atoms with E-state index in [1.54, 1.807) is 0 Å². The van der Waals surface area contributed by atoms with E-state index in [1.807, 2.05) is 0 Å². The maximum atomic E-state index is 13.4. The van der Waals surface area contributed by atoms with Crippen molar-refractivity contribution in [3.8, 4) is 11.3 Å². The van der Waals surface area contributed by atoms with E-state index in [1.165, 1.54) is 0 Å². The van der Waals surface area contributed by atoms with Gasteiger partial charge in [0.25, 0.3) is 0 Å². The van der Waals surface area contributed by atoms with Gasteiger partial charge in [0.2, 0.25) is 5.28 Å². The van der Waals surface area contributed by atoms with Crippen LogP contribution in [0.2, 0.25) is 5.28 Å². The summed E-state index contributed by atoms with van der Waals surface area (Å²) in [6, 6.07) is 1.97. The summed E-state index contributed by atoms with van der Waals surface area (Å²) < 4.78 is 63.8. The molecule has 0 saturated carbocycles. The SMILES string of the molecule is Fc1cc(-c2nc(Cl)ncc2F)ccc1C(F)(F)F. The highest BCUT2D eigenvalue weighted by Gasteiger charge is 2.34. The molecule has 1 aromatic carbocycles. The minimum absolute atomic E-state index is 0.160. The van der Waals surface area contributed by atoms with Crippen LogP contribution in [0.25, 0.3) is 11.3 Å². The summed E-state index contributed by atoms with van der Waals surface area (Å²) in [5.41, 5.74) is -1.96. The Morgan fingerprint density at radius 3 is 2.32 bits per heavy atom. The summed E-state index contributed by atoms with van der Waals surface area (Å²) in [4.78, 5) is 6.86. The van der Waals surface area contributed by atoms with E-state index in [4.69, 9.17) is 11.6 Å². The molecule has 19 heavy (non-hydrogen) atoms. The monoisotopic (exact) mass is 294 g/mol. The van der Waals surface area contributed by atoms with Crippen LogP contribution in [0.4, 0.5) is 22.0 Å². The predicted molar refractivity (Wildman–Crippen MR) is 57.4 cm³/mol. The molecule has 0 fully saturated rings. The van der Waals surface area contributed by atoms with Gasteiger partial charge >= 0.3 is 6.18 Å². The van der Waals surface area contributed by atoms with Crippen LogP contribution in [0.5, 0.6) is 0 Å². The van der Waals surface area contributed by atoms with Gasteiger partial charge in [-0.05, 0) is 23.7 Å². The van der Waals surface area contributed by atoms with Crippen molar-refractivity contribution < 1.29 is 22.0 Å². The number of hydrogen-bond donors (Lipinski definition) is 0. The molecule has 0 radical (unpaired) electrons. The Morgan fingerprint density at radius 2 is 1.74 bits per heavy atom. The third-order valence-electron chi connectivity index (χ3n) is 2.26. The molecule has 0 unspecified atom stereocenters. The zero-order valence-electron chi connectivity index (χ0n) is 8.97. The number of nitrogens with zero attached hydrogens (tertiary/aromatic N) is 2. The van der Waals surface area contributed by atoms with Gasteiger partial charge in [0.1, 0.15) is 11.5 Å². The van der Waals surface area contributed by atoms with Gasteiger partial charge < -0.3 is 0 Å².